The summed E-state index contributed by atoms with van der Waals surface area (Å²) >= 11 is 0. The van der Waals surface area contributed by atoms with Gasteiger partial charge in [0.15, 0.2) is 6.10 Å². The van der Waals surface area contributed by atoms with Crippen molar-refractivity contribution in [3.05, 3.63) is 53.6 Å². The number of carbonyl (C=O) groups excluding carboxylic acids is 3. The van der Waals surface area contributed by atoms with Crippen molar-refractivity contribution in [1.82, 2.24) is 5.32 Å². The Labute approximate surface area is 176 Å². The van der Waals surface area contributed by atoms with Crippen molar-refractivity contribution in [2.24, 2.45) is 0 Å². The van der Waals surface area contributed by atoms with Gasteiger partial charge in [-0.1, -0.05) is 32.9 Å². The van der Waals surface area contributed by atoms with Gasteiger partial charge >= 0.3 is 0 Å². The van der Waals surface area contributed by atoms with Gasteiger partial charge in [-0.05, 0) is 48.2 Å². The number of fused-ring (bicyclic) bond motifs is 1. The molecule has 3 N–H and O–H groups in total. The number of hydrogen-bond donors (Lipinski definition) is 3. The van der Waals surface area contributed by atoms with Crippen molar-refractivity contribution in [2.45, 2.75) is 45.6 Å². The van der Waals surface area contributed by atoms with Gasteiger partial charge in [0.25, 0.3) is 11.8 Å². The third-order valence-corrected chi connectivity index (χ3v) is 4.84. The van der Waals surface area contributed by atoms with Crippen LogP contribution in [0.3, 0.4) is 0 Å². The van der Waals surface area contributed by atoms with E-state index in [9.17, 15) is 14.4 Å². The number of nitrogens with one attached hydrogen (secondary N) is 3. The van der Waals surface area contributed by atoms with Gasteiger partial charge in [-0.25, -0.2) is 0 Å². The van der Waals surface area contributed by atoms with Gasteiger partial charge in [0.1, 0.15) is 5.75 Å². The van der Waals surface area contributed by atoms with Crippen LogP contribution >= 0.6 is 0 Å². The van der Waals surface area contributed by atoms with Crippen LogP contribution in [0.5, 0.6) is 5.75 Å². The van der Waals surface area contributed by atoms with Crippen molar-refractivity contribution in [3.8, 4) is 5.75 Å². The highest BCUT2D eigenvalue weighted by atomic mass is 16.5. The van der Waals surface area contributed by atoms with E-state index in [1.807, 2.05) is 12.1 Å². The number of carbonyl (C=O) groups is 3. The molecule has 7 heteroatoms. The number of ether oxygens (including phenoxy) is 1. The molecular formula is C23H27N3O4. The number of hydrogen-bond acceptors (Lipinski definition) is 4. The molecule has 3 amide bonds. The monoisotopic (exact) mass is 409 g/mol. The summed E-state index contributed by atoms with van der Waals surface area (Å²) < 4.78 is 5.49. The lowest BCUT2D eigenvalue weighted by atomic mass is 9.87. The largest absolute Gasteiger partial charge is 0.479 e. The Morgan fingerprint density at radius 1 is 1.10 bits per heavy atom. The van der Waals surface area contributed by atoms with E-state index in [0.29, 0.717) is 22.7 Å². The molecule has 0 spiro atoms. The summed E-state index contributed by atoms with van der Waals surface area (Å²) in [6.45, 7) is 8.23. The van der Waals surface area contributed by atoms with Crippen LogP contribution in [0.4, 0.5) is 11.4 Å². The summed E-state index contributed by atoms with van der Waals surface area (Å²) in [7, 11) is 0. The van der Waals surface area contributed by atoms with Gasteiger partial charge < -0.3 is 20.7 Å². The first-order valence-electron chi connectivity index (χ1n) is 9.93. The van der Waals surface area contributed by atoms with Gasteiger partial charge in [-0.2, -0.15) is 0 Å². The summed E-state index contributed by atoms with van der Waals surface area (Å²) in [5.74, 6) is -0.130. The molecule has 0 saturated heterocycles. The molecule has 1 aliphatic heterocycles. The molecule has 0 aliphatic carbocycles. The van der Waals surface area contributed by atoms with Gasteiger partial charge in [0, 0.05) is 24.2 Å². The molecule has 0 saturated carbocycles. The van der Waals surface area contributed by atoms with Crippen LogP contribution in [0.25, 0.3) is 0 Å². The molecule has 0 unspecified atom stereocenters. The summed E-state index contributed by atoms with van der Waals surface area (Å²) in [5, 5.41) is 8.26. The molecule has 158 valence electrons. The molecule has 0 radical (unpaired) electrons. The van der Waals surface area contributed by atoms with E-state index in [2.05, 4.69) is 36.7 Å². The molecule has 0 fully saturated rings. The van der Waals surface area contributed by atoms with Gasteiger partial charge in [-0.3, -0.25) is 14.4 Å². The summed E-state index contributed by atoms with van der Waals surface area (Å²) in [5.41, 5.74) is 2.79. The fourth-order valence-corrected chi connectivity index (χ4v) is 3.02. The molecule has 1 heterocycles. The zero-order valence-electron chi connectivity index (χ0n) is 17.7. The SMILES string of the molecule is C[C@@H]1Oc2ccc(NC(=O)CCNC(=O)c3ccc(C(C)(C)C)cc3)cc2NC1=O. The third-order valence-electron chi connectivity index (χ3n) is 4.84. The summed E-state index contributed by atoms with van der Waals surface area (Å²) in [6.07, 6.45) is -0.422. The van der Waals surface area contributed by atoms with E-state index in [1.165, 1.54) is 0 Å². The molecular weight excluding hydrogens is 382 g/mol. The zero-order valence-corrected chi connectivity index (χ0v) is 17.7. The molecule has 7 nitrogen and oxygen atoms in total. The first-order valence-corrected chi connectivity index (χ1v) is 9.93. The lowest BCUT2D eigenvalue weighted by molar-refractivity contribution is -0.122. The van der Waals surface area contributed by atoms with E-state index < -0.39 is 6.10 Å². The smallest absolute Gasteiger partial charge is 0.265 e. The predicted molar refractivity (Wildman–Crippen MR) is 116 cm³/mol. The van der Waals surface area contributed by atoms with Crippen molar-refractivity contribution in [1.29, 1.82) is 0 Å². The standard InChI is InChI=1S/C23H27N3O4/c1-14-21(28)26-18-13-17(9-10-19(18)30-14)25-20(27)11-12-24-22(29)15-5-7-16(8-6-15)23(2,3)4/h5-10,13-14H,11-12H2,1-4H3,(H,24,29)(H,25,27)(H,26,28)/t14-/m0/s1. The maximum Gasteiger partial charge on any atom is 0.265 e. The van der Waals surface area contributed by atoms with Crippen LogP contribution in [0, 0.1) is 0 Å². The maximum atomic E-state index is 12.3. The maximum absolute atomic E-state index is 12.3. The molecule has 3 rings (SSSR count). The van der Waals surface area contributed by atoms with Gasteiger partial charge in [0.2, 0.25) is 5.91 Å². The quantitative estimate of drug-likeness (QED) is 0.705. The van der Waals surface area contributed by atoms with Crippen molar-refractivity contribution in [3.63, 3.8) is 0 Å². The van der Waals surface area contributed by atoms with E-state index in [4.69, 9.17) is 4.74 Å². The Bertz CT molecular complexity index is 961. The highest BCUT2D eigenvalue weighted by Crippen LogP contribution is 2.32. The number of benzene rings is 2. The van der Waals surface area contributed by atoms with Crippen LogP contribution in [0.15, 0.2) is 42.5 Å². The molecule has 1 aliphatic rings. The minimum Gasteiger partial charge on any atom is -0.479 e. The zero-order chi connectivity index (χ0) is 21.9. The van der Waals surface area contributed by atoms with Crippen molar-refractivity contribution >= 4 is 29.1 Å². The first-order chi connectivity index (χ1) is 14.1. The van der Waals surface area contributed by atoms with Crippen molar-refractivity contribution < 1.29 is 19.1 Å². The first kappa shape index (κ1) is 21.4. The second-order valence-corrected chi connectivity index (χ2v) is 8.34. The van der Waals surface area contributed by atoms with E-state index in [0.717, 1.165) is 5.56 Å². The third kappa shape index (κ3) is 5.17. The highest BCUT2D eigenvalue weighted by molar-refractivity contribution is 5.99. The molecule has 2 aromatic carbocycles. The number of amides is 3. The second-order valence-electron chi connectivity index (χ2n) is 8.34. The van der Waals surface area contributed by atoms with Crippen LogP contribution in [0.2, 0.25) is 0 Å². The van der Waals surface area contributed by atoms with Crippen LogP contribution in [-0.4, -0.2) is 30.4 Å². The number of rotatable bonds is 5. The Kier molecular flexibility index (Phi) is 6.10. The second kappa shape index (κ2) is 8.57. The number of anilines is 2. The fourth-order valence-electron chi connectivity index (χ4n) is 3.02. The minimum absolute atomic E-state index is 0.0248. The lowest BCUT2D eigenvalue weighted by Crippen LogP contribution is -2.34. The molecule has 2 aromatic rings. The molecule has 0 aromatic heterocycles. The molecule has 30 heavy (non-hydrogen) atoms. The fraction of sp³-hybridized carbons (Fsp3) is 0.348. The van der Waals surface area contributed by atoms with Crippen LogP contribution in [-0.2, 0) is 15.0 Å². The van der Waals surface area contributed by atoms with Crippen LogP contribution < -0.4 is 20.7 Å². The Balaban J connectivity index is 1.49. The Hall–Kier alpha value is -3.35. The topological polar surface area (TPSA) is 96.5 Å². The van der Waals surface area contributed by atoms with Crippen LogP contribution in [0.1, 0.15) is 50.0 Å². The Morgan fingerprint density at radius 3 is 2.47 bits per heavy atom. The predicted octanol–water partition coefficient (Wildman–Crippen LogP) is 3.46. The molecule has 1 atom stereocenters. The summed E-state index contributed by atoms with van der Waals surface area (Å²) in [4.78, 5) is 36.2. The van der Waals surface area contributed by atoms with Gasteiger partial charge in [-0.15, -0.1) is 0 Å². The van der Waals surface area contributed by atoms with E-state index >= 15 is 0 Å². The molecule has 0 bridgehead atoms. The minimum atomic E-state index is -0.550. The average Bonchev–Trinajstić information content (AvgIpc) is 2.68. The Morgan fingerprint density at radius 2 is 1.80 bits per heavy atom. The average molecular weight is 409 g/mol. The normalized spacial score (nSPS) is 15.5. The van der Waals surface area contributed by atoms with E-state index in [-0.39, 0.29) is 36.1 Å². The highest BCUT2D eigenvalue weighted by Gasteiger charge is 2.23. The van der Waals surface area contributed by atoms with E-state index in [1.54, 1.807) is 37.3 Å². The van der Waals surface area contributed by atoms with Gasteiger partial charge in [0.05, 0.1) is 5.69 Å². The van der Waals surface area contributed by atoms with Crippen molar-refractivity contribution in [2.75, 3.05) is 17.2 Å². The lowest BCUT2D eigenvalue weighted by Gasteiger charge is -2.23. The summed E-state index contributed by atoms with van der Waals surface area (Å²) in [6, 6.07) is 12.5.